The lowest BCUT2D eigenvalue weighted by molar-refractivity contribution is 0.0983. The molecule has 1 aromatic carbocycles. The summed E-state index contributed by atoms with van der Waals surface area (Å²) in [6.07, 6.45) is 4.71. The van der Waals surface area contributed by atoms with Gasteiger partial charge in [0.05, 0.1) is 16.3 Å². The highest BCUT2D eigenvalue weighted by Gasteiger charge is 2.32. The molecule has 0 unspecified atom stereocenters. The van der Waals surface area contributed by atoms with E-state index in [1.165, 1.54) is 4.70 Å². The van der Waals surface area contributed by atoms with Crippen LogP contribution in [-0.2, 0) is 11.8 Å². The maximum absolute atomic E-state index is 5.87. The Bertz CT molecular complexity index is 733. The van der Waals surface area contributed by atoms with E-state index in [0.717, 1.165) is 29.5 Å². The number of aromatic nitrogens is 3. The number of imidazole rings is 1. The summed E-state index contributed by atoms with van der Waals surface area (Å²) in [7, 11) is 2.00. The Morgan fingerprint density at radius 2 is 2.29 bits per heavy atom. The van der Waals surface area contributed by atoms with E-state index >= 15 is 0 Å². The van der Waals surface area contributed by atoms with Crippen molar-refractivity contribution >= 4 is 26.7 Å². The first kappa shape index (κ1) is 12.8. The molecule has 0 aliphatic carbocycles. The second-order valence-electron chi connectivity index (χ2n) is 5.21. The summed E-state index contributed by atoms with van der Waals surface area (Å²) in [4.78, 5) is 9.05. The maximum Gasteiger partial charge on any atom is 0.184 e. The largest absolute Gasteiger partial charge is 0.368 e. The first-order chi connectivity index (χ1) is 10.3. The number of aryl methyl sites for hydroxylation is 1. The number of hydrogen-bond acceptors (Lipinski definition) is 5. The van der Waals surface area contributed by atoms with Crippen molar-refractivity contribution in [2.24, 2.45) is 7.05 Å². The lowest BCUT2D eigenvalue weighted by Gasteiger charge is -2.19. The molecule has 1 N–H and O–H groups in total. The molecule has 0 spiro atoms. The van der Waals surface area contributed by atoms with Crippen LogP contribution in [0.1, 0.15) is 18.3 Å². The van der Waals surface area contributed by atoms with Crippen LogP contribution in [0.15, 0.2) is 36.7 Å². The second kappa shape index (κ2) is 5.13. The molecule has 21 heavy (non-hydrogen) atoms. The van der Waals surface area contributed by atoms with E-state index in [1.54, 1.807) is 11.3 Å². The average molecular weight is 300 g/mol. The zero-order chi connectivity index (χ0) is 14.2. The highest BCUT2D eigenvalue weighted by Crippen LogP contribution is 2.33. The Balaban J connectivity index is 1.59. The maximum atomic E-state index is 5.87. The summed E-state index contributed by atoms with van der Waals surface area (Å²) >= 11 is 1.68. The van der Waals surface area contributed by atoms with Crippen molar-refractivity contribution in [2.45, 2.75) is 18.6 Å². The number of rotatable bonds is 3. The lowest BCUT2D eigenvalue weighted by atomic mass is 10.1. The summed E-state index contributed by atoms with van der Waals surface area (Å²) in [5.74, 6) is 0.964. The SMILES string of the molecule is Cn1ccnc1[C@H]1OCC[C@@H]1Nc1nc2ccccc2s1. The van der Waals surface area contributed by atoms with E-state index in [0.29, 0.717) is 0 Å². The number of ether oxygens (including phenoxy) is 1. The number of para-hydroxylation sites is 1. The van der Waals surface area contributed by atoms with Gasteiger partial charge < -0.3 is 14.6 Å². The molecule has 0 radical (unpaired) electrons. The van der Waals surface area contributed by atoms with Crippen molar-refractivity contribution in [2.75, 3.05) is 11.9 Å². The Morgan fingerprint density at radius 1 is 1.38 bits per heavy atom. The molecule has 1 saturated heterocycles. The number of nitrogens with zero attached hydrogens (tertiary/aromatic N) is 3. The van der Waals surface area contributed by atoms with E-state index in [-0.39, 0.29) is 12.1 Å². The molecule has 108 valence electrons. The third-order valence-corrected chi connectivity index (χ3v) is 4.78. The van der Waals surface area contributed by atoms with Gasteiger partial charge in [0.25, 0.3) is 0 Å². The molecule has 3 heterocycles. The van der Waals surface area contributed by atoms with E-state index in [9.17, 15) is 0 Å². The highest BCUT2D eigenvalue weighted by atomic mass is 32.1. The molecule has 1 aliphatic heterocycles. The molecular weight excluding hydrogens is 284 g/mol. The zero-order valence-corrected chi connectivity index (χ0v) is 12.5. The minimum Gasteiger partial charge on any atom is -0.368 e. The predicted octanol–water partition coefficient (Wildman–Crippen LogP) is 2.97. The number of nitrogens with one attached hydrogen (secondary N) is 1. The van der Waals surface area contributed by atoms with Crippen molar-refractivity contribution in [3.05, 3.63) is 42.5 Å². The van der Waals surface area contributed by atoms with Gasteiger partial charge in [-0.2, -0.15) is 0 Å². The minimum atomic E-state index is -0.0167. The monoisotopic (exact) mass is 300 g/mol. The van der Waals surface area contributed by atoms with Crippen LogP contribution in [0.2, 0.25) is 0 Å². The molecule has 0 amide bonds. The van der Waals surface area contributed by atoms with Crippen LogP contribution in [0.3, 0.4) is 0 Å². The predicted molar refractivity (Wildman–Crippen MR) is 83.5 cm³/mol. The molecule has 1 aliphatic rings. The van der Waals surface area contributed by atoms with Crippen LogP contribution in [-0.4, -0.2) is 27.2 Å². The van der Waals surface area contributed by atoms with Crippen LogP contribution in [0.25, 0.3) is 10.2 Å². The number of fused-ring (bicyclic) bond motifs is 1. The average Bonchev–Trinajstić information content (AvgIpc) is 3.17. The van der Waals surface area contributed by atoms with Crippen molar-refractivity contribution in [1.82, 2.24) is 14.5 Å². The second-order valence-corrected chi connectivity index (χ2v) is 6.24. The standard InChI is InChI=1S/C15H16N4OS/c1-19-8-7-16-14(19)13-11(6-9-20-13)18-15-17-10-4-2-3-5-12(10)21-15/h2-5,7-8,11,13H,6,9H2,1H3,(H,17,18)/t11-,13-/m0/s1. The smallest absolute Gasteiger partial charge is 0.184 e. The van der Waals surface area contributed by atoms with Gasteiger partial charge in [-0.15, -0.1) is 0 Å². The number of thiazole rings is 1. The van der Waals surface area contributed by atoms with Gasteiger partial charge in [-0.3, -0.25) is 0 Å². The van der Waals surface area contributed by atoms with Crippen LogP contribution in [0, 0.1) is 0 Å². The fraction of sp³-hybridized carbons (Fsp3) is 0.333. The van der Waals surface area contributed by atoms with Crippen LogP contribution in [0.5, 0.6) is 0 Å². The quantitative estimate of drug-likeness (QED) is 0.808. The third-order valence-electron chi connectivity index (χ3n) is 3.81. The molecule has 4 rings (SSSR count). The zero-order valence-electron chi connectivity index (χ0n) is 11.7. The molecule has 2 aromatic heterocycles. The van der Waals surface area contributed by atoms with Gasteiger partial charge in [0.15, 0.2) is 5.13 Å². The number of benzene rings is 1. The van der Waals surface area contributed by atoms with E-state index in [2.05, 4.69) is 21.4 Å². The summed E-state index contributed by atoms with van der Waals surface area (Å²) < 4.78 is 9.09. The summed E-state index contributed by atoms with van der Waals surface area (Å²) in [5, 5.41) is 4.47. The fourth-order valence-electron chi connectivity index (χ4n) is 2.74. The minimum absolute atomic E-state index is 0.0167. The lowest BCUT2D eigenvalue weighted by Crippen LogP contribution is -2.25. The molecule has 3 aromatic rings. The van der Waals surface area contributed by atoms with Gasteiger partial charge in [0.2, 0.25) is 0 Å². The first-order valence-electron chi connectivity index (χ1n) is 7.02. The van der Waals surface area contributed by atoms with Gasteiger partial charge >= 0.3 is 0 Å². The highest BCUT2D eigenvalue weighted by molar-refractivity contribution is 7.22. The molecule has 0 saturated carbocycles. The molecule has 5 nitrogen and oxygen atoms in total. The van der Waals surface area contributed by atoms with Gasteiger partial charge in [0.1, 0.15) is 11.9 Å². The molecule has 1 fully saturated rings. The van der Waals surface area contributed by atoms with E-state index in [1.807, 2.05) is 42.2 Å². The Kier molecular flexibility index (Phi) is 3.12. The van der Waals surface area contributed by atoms with Crippen molar-refractivity contribution < 1.29 is 4.74 Å². The van der Waals surface area contributed by atoms with E-state index in [4.69, 9.17) is 4.74 Å². The fourth-order valence-corrected chi connectivity index (χ4v) is 3.66. The van der Waals surface area contributed by atoms with Crippen LogP contribution in [0.4, 0.5) is 5.13 Å². The van der Waals surface area contributed by atoms with Gasteiger partial charge in [-0.05, 0) is 18.6 Å². The Morgan fingerprint density at radius 3 is 3.10 bits per heavy atom. The van der Waals surface area contributed by atoms with Gasteiger partial charge in [-0.1, -0.05) is 23.5 Å². The normalized spacial score (nSPS) is 22.0. The number of anilines is 1. The third kappa shape index (κ3) is 2.30. The van der Waals surface area contributed by atoms with Gasteiger partial charge in [-0.25, -0.2) is 9.97 Å². The molecule has 0 bridgehead atoms. The Hall–Kier alpha value is -1.92. The Labute approximate surface area is 126 Å². The summed E-state index contributed by atoms with van der Waals surface area (Å²) in [6, 6.07) is 8.41. The van der Waals surface area contributed by atoms with Crippen LogP contribution < -0.4 is 5.32 Å². The van der Waals surface area contributed by atoms with Crippen molar-refractivity contribution in [3.63, 3.8) is 0 Å². The van der Waals surface area contributed by atoms with E-state index < -0.39 is 0 Å². The summed E-state index contributed by atoms with van der Waals surface area (Å²) in [6.45, 7) is 0.750. The number of hydrogen-bond donors (Lipinski definition) is 1. The van der Waals surface area contributed by atoms with Crippen molar-refractivity contribution in [1.29, 1.82) is 0 Å². The van der Waals surface area contributed by atoms with Crippen LogP contribution >= 0.6 is 11.3 Å². The summed E-state index contributed by atoms with van der Waals surface area (Å²) in [5.41, 5.74) is 1.04. The molecule has 6 heteroatoms. The first-order valence-corrected chi connectivity index (χ1v) is 7.84. The van der Waals surface area contributed by atoms with Gasteiger partial charge in [0, 0.05) is 26.0 Å². The molecular formula is C15H16N4OS. The topological polar surface area (TPSA) is 52.0 Å². The van der Waals surface area contributed by atoms with Crippen molar-refractivity contribution in [3.8, 4) is 0 Å². The molecule has 2 atom stereocenters.